The van der Waals surface area contributed by atoms with E-state index in [-0.39, 0.29) is 6.10 Å². The van der Waals surface area contributed by atoms with E-state index in [1.807, 2.05) is 24.4 Å². The molecule has 33 heavy (non-hydrogen) atoms. The zero-order valence-corrected chi connectivity index (χ0v) is 19.4. The number of piperazine rings is 1. The molecule has 0 spiro atoms. The fourth-order valence-electron chi connectivity index (χ4n) is 4.69. The molecule has 2 aromatic heterocycles. The summed E-state index contributed by atoms with van der Waals surface area (Å²) in [5, 5.41) is 0. The van der Waals surface area contributed by atoms with E-state index in [0.717, 1.165) is 75.9 Å². The van der Waals surface area contributed by atoms with Gasteiger partial charge in [-0.25, -0.2) is 9.97 Å². The fraction of sp³-hybridized carbons (Fsp3) is 0.462. The molecule has 3 aromatic rings. The Bertz CT molecular complexity index is 1100. The molecule has 4 heterocycles. The van der Waals surface area contributed by atoms with Crippen molar-refractivity contribution in [2.45, 2.75) is 18.9 Å². The summed E-state index contributed by atoms with van der Waals surface area (Å²) in [5.41, 5.74) is 2.24. The summed E-state index contributed by atoms with van der Waals surface area (Å²) in [5.74, 6) is 8.64. The molecule has 2 fully saturated rings. The van der Waals surface area contributed by atoms with Gasteiger partial charge in [-0.15, -0.1) is 0 Å². The Labute approximate surface area is 196 Å². The molecule has 0 amide bonds. The summed E-state index contributed by atoms with van der Waals surface area (Å²) in [7, 11) is 2.10. The summed E-state index contributed by atoms with van der Waals surface area (Å²) >= 11 is 0. The molecule has 0 N–H and O–H groups in total. The first-order chi connectivity index (χ1) is 16.3. The Kier molecular flexibility index (Phi) is 6.75. The Hall–Kier alpha value is -3.08. The lowest BCUT2D eigenvalue weighted by Gasteiger charge is -2.34. The van der Waals surface area contributed by atoms with Crippen molar-refractivity contribution in [3.8, 4) is 11.8 Å². The van der Waals surface area contributed by atoms with Crippen LogP contribution in [0.1, 0.15) is 12.8 Å². The second-order valence-corrected chi connectivity index (χ2v) is 8.76. The summed E-state index contributed by atoms with van der Waals surface area (Å²) in [6.07, 6.45) is 4.17. The zero-order valence-electron chi connectivity index (χ0n) is 19.4. The molecule has 0 aliphatic carbocycles. The topological polar surface area (TPSA) is 49.7 Å². The van der Waals surface area contributed by atoms with Crippen LogP contribution in [-0.2, 0) is 11.8 Å². The van der Waals surface area contributed by atoms with E-state index in [0.29, 0.717) is 6.61 Å². The van der Waals surface area contributed by atoms with Gasteiger partial charge in [0.15, 0.2) is 0 Å². The Morgan fingerprint density at radius 3 is 2.45 bits per heavy atom. The monoisotopic (exact) mass is 444 g/mol. The largest absolute Gasteiger partial charge is 0.365 e. The van der Waals surface area contributed by atoms with Gasteiger partial charge in [-0.2, -0.15) is 0 Å². The number of aryl methyl sites for hydroxylation is 1. The average Bonchev–Trinajstić information content (AvgIpc) is 3.22. The van der Waals surface area contributed by atoms with Gasteiger partial charge in [-0.3, -0.25) is 4.90 Å². The second kappa shape index (κ2) is 10.2. The normalized spacial score (nSPS) is 17.8. The summed E-state index contributed by atoms with van der Waals surface area (Å²) in [6, 6.07) is 14.4. The Morgan fingerprint density at radius 2 is 1.70 bits per heavy atom. The Balaban J connectivity index is 1.02. The number of anilines is 2. The van der Waals surface area contributed by atoms with Gasteiger partial charge in [0.1, 0.15) is 12.4 Å². The molecule has 0 bridgehead atoms. The first-order valence-electron chi connectivity index (χ1n) is 11.9. The molecule has 0 saturated carbocycles. The second-order valence-electron chi connectivity index (χ2n) is 8.76. The van der Waals surface area contributed by atoms with Crippen LogP contribution in [0.2, 0.25) is 0 Å². The van der Waals surface area contributed by atoms with Crippen molar-refractivity contribution < 1.29 is 4.74 Å². The van der Waals surface area contributed by atoms with Crippen LogP contribution in [0.5, 0.6) is 0 Å². The first kappa shape index (κ1) is 21.7. The van der Waals surface area contributed by atoms with Crippen LogP contribution in [0.3, 0.4) is 0 Å². The van der Waals surface area contributed by atoms with Crippen molar-refractivity contribution in [1.82, 2.24) is 19.4 Å². The van der Waals surface area contributed by atoms with E-state index in [9.17, 15) is 0 Å². The number of para-hydroxylation sites is 2. The third-order valence-corrected chi connectivity index (χ3v) is 6.65. The lowest BCUT2D eigenvalue weighted by molar-refractivity contribution is 0.0592. The van der Waals surface area contributed by atoms with E-state index in [4.69, 9.17) is 9.72 Å². The number of aromatic nitrogens is 3. The molecule has 0 unspecified atom stereocenters. The van der Waals surface area contributed by atoms with Crippen molar-refractivity contribution in [1.29, 1.82) is 0 Å². The maximum Gasteiger partial charge on any atom is 0.206 e. The molecular weight excluding hydrogens is 412 g/mol. The molecule has 2 saturated heterocycles. The molecule has 0 atom stereocenters. The predicted molar refractivity (Wildman–Crippen MR) is 133 cm³/mol. The molecule has 7 nitrogen and oxygen atoms in total. The van der Waals surface area contributed by atoms with Gasteiger partial charge in [-0.1, -0.05) is 30.0 Å². The van der Waals surface area contributed by atoms with Gasteiger partial charge in [0.2, 0.25) is 5.95 Å². The number of hydrogen-bond donors (Lipinski definition) is 0. The minimum absolute atomic E-state index is 0.284. The lowest BCUT2D eigenvalue weighted by atomic mass is 10.1. The average molecular weight is 445 g/mol. The molecule has 1 aromatic carbocycles. The molecule has 172 valence electrons. The zero-order chi connectivity index (χ0) is 22.5. The summed E-state index contributed by atoms with van der Waals surface area (Å²) < 4.78 is 8.25. The molecule has 5 rings (SSSR count). The highest BCUT2D eigenvalue weighted by Crippen LogP contribution is 2.24. The van der Waals surface area contributed by atoms with Gasteiger partial charge >= 0.3 is 0 Å². The van der Waals surface area contributed by atoms with Gasteiger partial charge in [0, 0.05) is 52.5 Å². The third kappa shape index (κ3) is 5.13. The van der Waals surface area contributed by atoms with Gasteiger partial charge < -0.3 is 19.1 Å². The van der Waals surface area contributed by atoms with E-state index >= 15 is 0 Å². The lowest BCUT2D eigenvalue weighted by Crippen LogP contribution is -2.46. The molecule has 7 heteroatoms. The standard InChI is InChI=1S/C26H32N6O/c1-29-24-9-3-2-8-23(24)28-26(29)32-15-11-22(12-16-32)33-21-7-6-14-30-17-19-31(20-18-30)25-10-4-5-13-27-25/h2-5,8-10,13,22H,11-12,14-21H2,1H3. The highest BCUT2D eigenvalue weighted by molar-refractivity contribution is 5.78. The highest BCUT2D eigenvalue weighted by Gasteiger charge is 2.23. The minimum Gasteiger partial charge on any atom is -0.365 e. The highest BCUT2D eigenvalue weighted by atomic mass is 16.5. The van der Waals surface area contributed by atoms with Crippen LogP contribution in [0.4, 0.5) is 11.8 Å². The van der Waals surface area contributed by atoms with Crippen molar-refractivity contribution in [3.05, 3.63) is 48.7 Å². The van der Waals surface area contributed by atoms with E-state index < -0.39 is 0 Å². The van der Waals surface area contributed by atoms with Crippen molar-refractivity contribution >= 4 is 22.8 Å². The number of rotatable bonds is 5. The van der Waals surface area contributed by atoms with E-state index in [2.05, 4.69) is 67.4 Å². The number of imidazole rings is 1. The SMILES string of the molecule is Cn1c(N2CCC(OCC#CCN3CCN(c4ccccn4)CC3)CC2)nc2ccccc21. The van der Waals surface area contributed by atoms with Crippen LogP contribution in [0.15, 0.2) is 48.7 Å². The summed E-state index contributed by atoms with van der Waals surface area (Å²) in [6.45, 7) is 7.30. The molecule has 2 aliphatic heterocycles. The van der Waals surface area contributed by atoms with Crippen LogP contribution >= 0.6 is 0 Å². The first-order valence-corrected chi connectivity index (χ1v) is 11.9. The van der Waals surface area contributed by atoms with Crippen molar-refractivity contribution in [2.24, 2.45) is 7.05 Å². The van der Waals surface area contributed by atoms with Gasteiger partial charge in [0.05, 0.1) is 23.7 Å². The molecular formula is C26H32N6O. The molecule has 0 radical (unpaired) electrons. The number of piperidine rings is 1. The maximum atomic E-state index is 6.06. The molecule has 2 aliphatic rings. The van der Waals surface area contributed by atoms with Gasteiger partial charge in [-0.05, 0) is 37.1 Å². The quantitative estimate of drug-likeness (QED) is 0.564. The van der Waals surface area contributed by atoms with Crippen molar-refractivity contribution in [3.63, 3.8) is 0 Å². The van der Waals surface area contributed by atoms with Crippen LogP contribution < -0.4 is 9.80 Å². The number of ether oxygens (including phenoxy) is 1. The number of hydrogen-bond acceptors (Lipinski definition) is 6. The van der Waals surface area contributed by atoms with Crippen LogP contribution in [0.25, 0.3) is 11.0 Å². The van der Waals surface area contributed by atoms with Crippen LogP contribution in [-0.4, -0.2) is 78.0 Å². The number of benzene rings is 1. The maximum absolute atomic E-state index is 6.06. The number of fused-ring (bicyclic) bond motifs is 1. The smallest absolute Gasteiger partial charge is 0.206 e. The number of pyridine rings is 1. The summed E-state index contributed by atoms with van der Waals surface area (Å²) in [4.78, 5) is 16.4. The van der Waals surface area contributed by atoms with E-state index in [1.165, 1.54) is 5.52 Å². The van der Waals surface area contributed by atoms with Crippen LogP contribution in [0, 0.1) is 11.8 Å². The van der Waals surface area contributed by atoms with E-state index in [1.54, 1.807) is 0 Å². The Morgan fingerprint density at radius 1 is 0.909 bits per heavy atom. The minimum atomic E-state index is 0.284. The third-order valence-electron chi connectivity index (χ3n) is 6.65. The van der Waals surface area contributed by atoms with Crippen molar-refractivity contribution in [2.75, 3.05) is 62.2 Å². The number of nitrogens with zero attached hydrogens (tertiary/aromatic N) is 6. The van der Waals surface area contributed by atoms with Gasteiger partial charge in [0.25, 0.3) is 0 Å². The predicted octanol–water partition coefficient (Wildman–Crippen LogP) is 2.78. The fourth-order valence-corrected chi connectivity index (χ4v) is 4.69.